The number of rotatable bonds is 15. The number of hydrogen-bond acceptors (Lipinski definition) is 5. The number of ketones is 1. The number of nitrogens with one attached hydrogen (secondary N) is 3. The molecule has 49 heavy (non-hydrogen) atoms. The molecule has 0 radical (unpaired) electrons. The highest BCUT2D eigenvalue weighted by atomic mass is 35.5. The van der Waals surface area contributed by atoms with E-state index in [9.17, 15) is 41.1 Å². The number of hydrogen-bond donors (Lipinski definition) is 3. The van der Waals surface area contributed by atoms with E-state index in [4.69, 9.17) is 27.9 Å². The van der Waals surface area contributed by atoms with Crippen molar-refractivity contribution >= 4 is 46.7 Å². The Kier molecular flexibility index (Phi) is 13.5. The van der Waals surface area contributed by atoms with Crippen LogP contribution in [-0.2, 0) is 25.6 Å². The van der Waals surface area contributed by atoms with E-state index < -0.39 is 66.1 Å². The molecule has 15 heteroatoms. The maximum atomic E-state index is 14.8. The Bertz CT molecular complexity index is 1620. The summed E-state index contributed by atoms with van der Waals surface area (Å²) in [6.45, 7) is 0.506. The third-order valence-corrected chi connectivity index (χ3v) is 8.22. The fourth-order valence-corrected chi connectivity index (χ4v) is 5.18. The summed E-state index contributed by atoms with van der Waals surface area (Å²) in [5.74, 6) is -12.3. The fraction of sp³-hybridized carbons (Fsp3) is 0.353. The highest BCUT2D eigenvalue weighted by molar-refractivity contribution is 6.42. The zero-order valence-electron chi connectivity index (χ0n) is 26.5. The van der Waals surface area contributed by atoms with E-state index in [-0.39, 0.29) is 17.9 Å². The smallest absolute Gasteiger partial charge is 0.405 e. The van der Waals surface area contributed by atoms with Gasteiger partial charge < -0.3 is 20.7 Å². The SMILES string of the molecule is COc1ccc(CC(NC(=O)CC(c2ccccc2)c2ccc(Cl)c(Cl)c2)C(=O)N[C@H](C(=O)C(F)(F)C(=O)NCC(F)(F)F)C(C)C)cc1. The van der Waals surface area contributed by atoms with Crippen molar-refractivity contribution in [3.8, 4) is 5.75 Å². The molecule has 3 atom stereocenters. The maximum Gasteiger partial charge on any atom is 0.405 e. The Labute approximate surface area is 289 Å². The van der Waals surface area contributed by atoms with Crippen molar-refractivity contribution in [3.63, 3.8) is 0 Å². The van der Waals surface area contributed by atoms with Crippen molar-refractivity contribution in [2.45, 2.75) is 56.8 Å². The Balaban J connectivity index is 1.90. The largest absolute Gasteiger partial charge is 0.497 e. The molecule has 0 spiro atoms. The summed E-state index contributed by atoms with van der Waals surface area (Å²) in [7, 11) is 1.45. The second-order valence-corrected chi connectivity index (χ2v) is 12.3. The van der Waals surface area contributed by atoms with Gasteiger partial charge in [-0.25, -0.2) is 0 Å². The summed E-state index contributed by atoms with van der Waals surface area (Å²) in [4.78, 5) is 52.1. The Morgan fingerprint density at radius 1 is 0.816 bits per heavy atom. The van der Waals surface area contributed by atoms with Crippen LogP contribution in [0.1, 0.15) is 42.9 Å². The van der Waals surface area contributed by atoms with E-state index in [1.807, 2.05) is 0 Å². The van der Waals surface area contributed by atoms with Gasteiger partial charge in [-0.15, -0.1) is 0 Å². The van der Waals surface area contributed by atoms with E-state index in [0.29, 0.717) is 21.9 Å². The molecule has 3 N–H and O–H groups in total. The summed E-state index contributed by atoms with van der Waals surface area (Å²) in [5, 5.41) is 6.37. The number of amides is 3. The lowest BCUT2D eigenvalue weighted by Crippen LogP contribution is -2.59. The number of ether oxygens (including phenoxy) is 1. The Morgan fingerprint density at radius 3 is 2.00 bits per heavy atom. The van der Waals surface area contributed by atoms with Gasteiger partial charge in [-0.2, -0.15) is 22.0 Å². The standard InChI is InChI=1S/C34H34Cl2F5N3O5/c1-19(2)29(30(46)34(40,41)32(48)42-18-33(37,38)39)44-31(47)27(15-20-9-12-23(49-3)13-10-20)43-28(45)17-24(21-7-5-4-6-8-21)22-11-14-25(35)26(36)16-22/h4-14,16,19,24,27,29H,15,17-18H2,1-3H3,(H,42,48)(H,43,45)(H,44,47)/t24?,27?,29-/m0/s1. The van der Waals surface area contributed by atoms with Crippen molar-refractivity contribution in [2.75, 3.05) is 13.7 Å². The molecule has 0 aromatic heterocycles. The lowest BCUT2D eigenvalue weighted by Gasteiger charge is -2.28. The van der Waals surface area contributed by atoms with E-state index in [2.05, 4.69) is 10.6 Å². The molecule has 0 heterocycles. The molecule has 3 aromatic rings. The molecule has 0 aliphatic heterocycles. The molecule has 0 bridgehead atoms. The van der Waals surface area contributed by atoms with Gasteiger partial charge >= 0.3 is 12.1 Å². The highest BCUT2D eigenvalue weighted by Gasteiger charge is 2.52. The summed E-state index contributed by atoms with van der Waals surface area (Å²) in [6.07, 6.45) is -5.36. The van der Waals surface area contributed by atoms with Crippen molar-refractivity contribution in [3.05, 3.63) is 99.5 Å². The van der Waals surface area contributed by atoms with E-state index >= 15 is 0 Å². The van der Waals surface area contributed by atoms with Crippen molar-refractivity contribution < 1.29 is 45.9 Å². The highest BCUT2D eigenvalue weighted by Crippen LogP contribution is 2.33. The van der Waals surface area contributed by atoms with Crippen molar-refractivity contribution in [2.24, 2.45) is 5.92 Å². The average molecular weight is 731 g/mol. The first-order chi connectivity index (χ1) is 22.9. The van der Waals surface area contributed by atoms with Gasteiger partial charge in [-0.1, -0.05) is 85.6 Å². The van der Waals surface area contributed by atoms with Crippen LogP contribution in [-0.4, -0.2) is 61.3 Å². The minimum absolute atomic E-state index is 0.161. The topological polar surface area (TPSA) is 114 Å². The van der Waals surface area contributed by atoms with Gasteiger partial charge in [0, 0.05) is 18.8 Å². The molecule has 264 valence electrons. The molecular formula is C34H34Cl2F5N3O5. The predicted molar refractivity (Wildman–Crippen MR) is 174 cm³/mol. The van der Waals surface area contributed by atoms with Crippen LogP contribution in [0.4, 0.5) is 22.0 Å². The number of alkyl halides is 5. The quantitative estimate of drug-likeness (QED) is 0.126. The summed E-state index contributed by atoms with van der Waals surface area (Å²) in [5.41, 5.74) is 1.90. The number of carbonyl (C=O) groups excluding carboxylic acids is 4. The van der Waals surface area contributed by atoms with Crippen LogP contribution in [0.5, 0.6) is 5.75 Å². The molecule has 3 amide bonds. The lowest BCUT2D eigenvalue weighted by molar-refractivity contribution is -0.165. The number of methoxy groups -OCH3 is 1. The van der Waals surface area contributed by atoms with Gasteiger partial charge in [-0.05, 0) is 46.9 Å². The van der Waals surface area contributed by atoms with Crippen LogP contribution < -0.4 is 20.7 Å². The summed E-state index contributed by atoms with van der Waals surface area (Å²) < 4.78 is 72.4. The van der Waals surface area contributed by atoms with Crippen LogP contribution in [0.3, 0.4) is 0 Å². The van der Waals surface area contributed by atoms with E-state index in [1.165, 1.54) is 21.0 Å². The number of halogens is 7. The normalized spacial score (nSPS) is 13.6. The molecular weight excluding hydrogens is 696 g/mol. The summed E-state index contributed by atoms with van der Waals surface area (Å²) in [6, 6.07) is 16.8. The first-order valence-corrected chi connectivity index (χ1v) is 15.7. The lowest BCUT2D eigenvalue weighted by atomic mass is 9.88. The second-order valence-electron chi connectivity index (χ2n) is 11.5. The van der Waals surface area contributed by atoms with E-state index in [0.717, 1.165) is 10.9 Å². The van der Waals surface area contributed by atoms with Gasteiger partial charge in [-0.3, -0.25) is 19.2 Å². The Hall–Kier alpha value is -4.23. The van der Waals surface area contributed by atoms with E-state index in [1.54, 1.807) is 72.8 Å². The minimum Gasteiger partial charge on any atom is -0.497 e. The third-order valence-electron chi connectivity index (χ3n) is 7.48. The summed E-state index contributed by atoms with van der Waals surface area (Å²) >= 11 is 12.4. The van der Waals surface area contributed by atoms with Gasteiger partial charge in [0.15, 0.2) is 0 Å². The molecule has 3 rings (SSSR count). The number of carbonyl (C=O) groups is 4. The maximum absolute atomic E-state index is 14.8. The first kappa shape index (κ1) is 39.2. The monoisotopic (exact) mass is 729 g/mol. The van der Waals surface area contributed by atoms with Gasteiger partial charge in [0.2, 0.25) is 17.6 Å². The molecule has 0 aliphatic carbocycles. The minimum atomic E-state index is -5.01. The van der Waals surface area contributed by atoms with Crippen LogP contribution in [0.15, 0.2) is 72.8 Å². The zero-order chi connectivity index (χ0) is 36.5. The van der Waals surface area contributed by atoms with Gasteiger partial charge in [0.05, 0.1) is 23.2 Å². The molecule has 8 nitrogen and oxygen atoms in total. The zero-order valence-corrected chi connectivity index (χ0v) is 28.1. The molecule has 0 saturated heterocycles. The third kappa shape index (κ3) is 11.1. The van der Waals surface area contributed by atoms with Gasteiger partial charge in [0.1, 0.15) is 18.3 Å². The molecule has 2 unspecified atom stereocenters. The Morgan fingerprint density at radius 2 is 1.45 bits per heavy atom. The average Bonchev–Trinajstić information content (AvgIpc) is 3.05. The van der Waals surface area contributed by atoms with Crippen molar-refractivity contribution in [1.29, 1.82) is 0 Å². The van der Waals surface area contributed by atoms with Crippen LogP contribution >= 0.6 is 23.2 Å². The van der Waals surface area contributed by atoms with Crippen LogP contribution in [0.25, 0.3) is 0 Å². The molecule has 0 fully saturated rings. The number of benzene rings is 3. The predicted octanol–water partition coefficient (Wildman–Crippen LogP) is 6.28. The van der Waals surface area contributed by atoms with Gasteiger partial charge in [0.25, 0.3) is 5.91 Å². The molecule has 3 aromatic carbocycles. The second kappa shape index (κ2) is 16.9. The molecule has 0 saturated carbocycles. The number of Topliss-reactive ketones (excluding diaryl/α,β-unsaturated/α-hetero) is 1. The fourth-order valence-electron chi connectivity index (χ4n) is 4.88. The first-order valence-electron chi connectivity index (χ1n) is 14.9. The molecule has 0 aliphatic rings. The van der Waals surface area contributed by atoms with Crippen LogP contribution in [0.2, 0.25) is 10.0 Å². The van der Waals surface area contributed by atoms with Crippen molar-refractivity contribution in [1.82, 2.24) is 16.0 Å². The van der Waals surface area contributed by atoms with Crippen LogP contribution in [0, 0.1) is 5.92 Å².